The summed E-state index contributed by atoms with van der Waals surface area (Å²) in [5, 5.41) is 0. The number of halogens is 2. The molecule has 0 aliphatic carbocycles. The SMILES string of the molecule is CCOC(=O)C1=C(C)N=c2sc(=Cc3cc(Br)c(OCc4ccccc4)c(Br)c3)c(=O)n2C1c1ccc(OC)cc1. The van der Waals surface area contributed by atoms with Crippen molar-refractivity contribution in [2.75, 3.05) is 13.7 Å². The Morgan fingerprint density at radius 1 is 1.07 bits per heavy atom. The quantitative estimate of drug-likeness (QED) is 0.214. The van der Waals surface area contributed by atoms with Crippen LogP contribution in [0.4, 0.5) is 0 Å². The lowest BCUT2D eigenvalue weighted by molar-refractivity contribution is -0.139. The van der Waals surface area contributed by atoms with E-state index in [9.17, 15) is 9.59 Å². The molecule has 0 saturated heterocycles. The number of benzene rings is 3. The monoisotopic (exact) mass is 696 g/mol. The van der Waals surface area contributed by atoms with E-state index in [0.29, 0.717) is 38.7 Å². The van der Waals surface area contributed by atoms with Crippen molar-refractivity contribution in [3.8, 4) is 11.5 Å². The smallest absolute Gasteiger partial charge is 0.338 e. The minimum atomic E-state index is -0.689. The summed E-state index contributed by atoms with van der Waals surface area (Å²) in [7, 11) is 1.59. The third-order valence-electron chi connectivity index (χ3n) is 6.49. The van der Waals surface area contributed by atoms with Crippen molar-refractivity contribution in [2.45, 2.75) is 26.5 Å². The third kappa shape index (κ3) is 6.10. The predicted molar refractivity (Wildman–Crippen MR) is 166 cm³/mol. The largest absolute Gasteiger partial charge is 0.497 e. The lowest BCUT2D eigenvalue weighted by Crippen LogP contribution is -2.39. The predicted octanol–water partition coefficient (Wildman–Crippen LogP) is 5.91. The fourth-order valence-electron chi connectivity index (χ4n) is 4.57. The number of carbonyl (C=O) groups excluding carboxylic acids is 1. The highest BCUT2D eigenvalue weighted by molar-refractivity contribution is 9.11. The van der Waals surface area contributed by atoms with Crippen LogP contribution in [0.1, 0.15) is 36.6 Å². The Morgan fingerprint density at radius 3 is 2.39 bits per heavy atom. The molecule has 3 aromatic carbocycles. The molecule has 5 rings (SSSR count). The van der Waals surface area contributed by atoms with Gasteiger partial charge >= 0.3 is 5.97 Å². The number of aromatic nitrogens is 1. The summed E-state index contributed by atoms with van der Waals surface area (Å²) < 4.78 is 20.3. The fourth-order valence-corrected chi connectivity index (χ4v) is 7.07. The van der Waals surface area contributed by atoms with Gasteiger partial charge in [0.2, 0.25) is 0 Å². The Hall–Kier alpha value is -3.47. The number of rotatable bonds is 8. The van der Waals surface area contributed by atoms with Gasteiger partial charge in [-0.25, -0.2) is 9.79 Å². The van der Waals surface area contributed by atoms with E-state index in [2.05, 4.69) is 36.9 Å². The molecule has 1 unspecified atom stereocenters. The molecular formula is C31H26Br2N2O5S. The van der Waals surface area contributed by atoms with Gasteiger partial charge in [-0.3, -0.25) is 9.36 Å². The second-order valence-corrected chi connectivity index (χ2v) is 11.9. The first-order valence-electron chi connectivity index (χ1n) is 12.8. The molecule has 0 bridgehead atoms. The molecule has 210 valence electrons. The van der Waals surface area contributed by atoms with Gasteiger partial charge in [-0.1, -0.05) is 53.8 Å². The van der Waals surface area contributed by atoms with Crippen LogP contribution >= 0.6 is 43.2 Å². The lowest BCUT2D eigenvalue weighted by Gasteiger charge is -2.24. The highest BCUT2D eigenvalue weighted by Crippen LogP contribution is 2.36. The maximum absolute atomic E-state index is 13.9. The number of methoxy groups -OCH3 is 1. The van der Waals surface area contributed by atoms with Crippen molar-refractivity contribution in [2.24, 2.45) is 4.99 Å². The zero-order chi connectivity index (χ0) is 29.1. The van der Waals surface area contributed by atoms with E-state index in [0.717, 1.165) is 25.6 Å². The average Bonchev–Trinajstić information content (AvgIpc) is 3.26. The normalized spacial score (nSPS) is 14.9. The topological polar surface area (TPSA) is 79.1 Å². The summed E-state index contributed by atoms with van der Waals surface area (Å²) in [5.74, 6) is 0.844. The van der Waals surface area contributed by atoms with E-state index in [4.69, 9.17) is 14.2 Å². The molecule has 4 aromatic rings. The first-order valence-corrected chi connectivity index (χ1v) is 15.2. The Balaban J connectivity index is 1.56. The molecule has 1 aromatic heterocycles. The Labute approximate surface area is 257 Å². The van der Waals surface area contributed by atoms with Crippen molar-refractivity contribution in [3.05, 3.63) is 123 Å². The van der Waals surface area contributed by atoms with Gasteiger partial charge in [0.05, 0.1) is 44.5 Å². The number of fused-ring (bicyclic) bond motifs is 1. The molecule has 7 nitrogen and oxygen atoms in total. The standard InChI is InChI=1S/C31H26Br2N2O5S/c1-4-39-30(37)26-18(2)34-31-35(27(26)21-10-12-22(38-3)13-11-21)29(36)25(41-31)16-20-14-23(32)28(24(33)15-20)40-17-19-8-6-5-7-9-19/h5-16,27H,4,17H2,1-3H3. The maximum atomic E-state index is 13.9. The van der Waals surface area contributed by atoms with Crippen LogP contribution in [-0.2, 0) is 16.1 Å². The van der Waals surface area contributed by atoms with Gasteiger partial charge in [-0.2, -0.15) is 0 Å². The zero-order valence-corrected chi connectivity index (χ0v) is 26.5. The van der Waals surface area contributed by atoms with Crippen molar-refractivity contribution in [1.82, 2.24) is 4.57 Å². The van der Waals surface area contributed by atoms with Crippen LogP contribution in [-0.4, -0.2) is 24.3 Å². The molecule has 1 aliphatic rings. The molecule has 10 heteroatoms. The van der Waals surface area contributed by atoms with Gasteiger partial charge in [0.1, 0.15) is 18.1 Å². The van der Waals surface area contributed by atoms with E-state index in [1.807, 2.05) is 60.7 Å². The van der Waals surface area contributed by atoms with Crippen LogP contribution in [0.3, 0.4) is 0 Å². The number of carbonyl (C=O) groups is 1. The molecule has 0 spiro atoms. The second kappa shape index (κ2) is 12.6. The van der Waals surface area contributed by atoms with Crippen LogP contribution in [0, 0.1) is 0 Å². The second-order valence-electron chi connectivity index (χ2n) is 9.16. The number of hydrogen-bond acceptors (Lipinski definition) is 7. The molecule has 2 heterocycles. The van der Waals surface area contributed by atoms with Gasteiger partial charge in [-0.05, 0) is 92.7 Å². The first-order chi connectivity index (χ1) is 19.8. The molecule has 1 atom stereocenters. The average molecular weight is 698 g/mol. The van der Waals surface area contributed by atoms with Crippen LogP contribution in [0.2, 0.25) is 0 Å². The van der Waals surface area contributed by atoms with Gasteiger partial charge in [0.15, 0.2) is 4.80 Å². The molecule has 0 saturated carbocycles. The Morgan fingerprint density at radius 2 is 1.76 bits per heavy atom. The molecule has 0 radical (unpaired) electrons. The van der Waals surface area contributed by atoms with Crippen molar-refractivity contribution in [3.63, 3.8) is 0 Å². The molecule has 0 N–H and O–H groups in total. The molecular weight excluding hydrogens is 672 g/mol. The number of allylic oxidation sites excluding steroid dienone is 1. The minimum absolute atomic E-state index is 0.212. The van der Waals surface area contributed by atoms with Gasteiger partial charge in [0.25, 0.3) is 5.56 Å². The number of hydrogen-bond donors (Lipinski definition) is 0. The van der Waals surface area contributed by atoms with Crippen molar-refractivity contribution < 1.29 is 19.0 Å². The first kappa shape index (κ1) is 29.0. The molecule has 41 heavy (non-hydrogen) atoms. The summed E-state index contributed by atoms with van der Waals surface area (Å²) >= 11 is 8.51. The Kier molecular flexibility index (Phi) is 8.91. The summed E-state index contributed by atoms with van der Waals surface area (Å²) in [6.45, 7) is 4.15. The third-order valence-corrected chi connectivity index (χ3v) is 8.65. The van der Waals surface area contributed by atoms with Crippen LogP contribution in [0.25, 0.3) is 6.08 Å². The van der Waals surface area contributed by atoms with E-state index in [1.54, 1.807) is 37.7 Å². The highest BCUT2D eigenvalue weighted by Gasteiger charge is 2.33. The number of nitrogens with zero attached hydrogens (tertiary/aromatic N) is 2. The molecule has 0 amide bonds. The van der Waals surface area contributed by atoms with Gasteiger partial charge < -0.3 is 14.2 Å². The van der Waals surface area contributed by atoms with E-state index in [-0.39, 0.29) is 12.2 Å². The van der Waals surface area contributed by atoms with Crippen LogP contribution in [0.15, 0.2) is 96.7 Å². The molecule has 0 fully saturated rings. The van der Waals surface area contributed by atoms with E-state index >= 15 is 0 Å². The Bertz CT molecular complexity index is 1790. The zero-order valence-electron chi connectivity index (χ0n) is 22.5. The molecule has 1 aliphatic heterocycles. The summed E-state index contributed by atoms with van der Waals surface area (Å²) in [4.78, 5) is 32.1. The summed E-state index contributed by atoms with van der Waals surface area (Å²) in [6.07, 6.45) is 1.81. The van der Waals surface area contributed by atoms with Gasteiger partial charge in [-0.15, -0.1) is 0 Å². The number of ether oxygens (including phenoxy) is 3. The maximum Gasteiger partial charge on any atom is 0.338 e. The van der Waals surface area contributed by atoms with Crippen LogP contribution in [0.5, 0.6) is 11.5 Å². The van der Waals surface area contributed by atoms with Gasteiger partial charge in [0, 0.05) is 0 Å². The summed E-state index contributed by atoms with van der Waals surface area (Å²) in [5.41, 5.74) is 3.20. The highest BCUT2D eigenvalue weighted by atomic mass is 79.9. The van der Waals surface area contributed by atoms with Crippen molar-refractivity contribution >= 4 is 55.2 Å². The summed E-state index contributed by atoms with van der Waals surface area (Å²) in [6, 6.07) is 20.3. The fraction of sp³-hybridized carbons (Fsp3) is 0.194. The minimum Gasteiger partial charge on any atom is -0.497 e. The number of thiazole rings is 1. The van der Waals surface area contributed by atoms with E-state index in [1.165, 1.54) is 11.3 Å². The van der Waals surface area contributed by atoms with E-state index < -0.39 is 12.0 Å². The lowest BCUT2D eigenvalue weighted by atomic mass is 9.96. The van der Waals surface area contributed by atoms with Crippen LogP contribution < -0.4 is 24.4 Å². The number of esters is 1. The van der Waals surface area contributed by atoms with Crippen molar-refractivity contribution in [1.29, 1.82) is 0 Å².